The number of aromatic nitrogens is 4. The Kier molecular flexibility index (Phi) is 3.38. The topological polar surface area (TPSA) is 55.6 Å². The van der Waals surface area contributed by atoms with Crippen molar-refractivity contribution >= 4 is 15.9 Å². The van der Waals surface area contributed by atoms with E-state index >= 15 is 0 Å². The highest BCUT2D eigenvalue weighted by molar-refractivity contribution is 9.10. The fourth-order valence-corrected chi connectivity index (χ4v) is 2.70. The van der Waals surface area contributed by atoms with Gasteiger partial charge in [0.05, 0.1) is 5.69 Å². The van der Waals surface area contributed by atoms with Crippen LogP contribution in [-0.2, 0) is 0 Å². The van der Waals surface area contributed by atoms with Crippen molar-refractivity contribution in [1.82, 2.24) is 25.5 Å². The second-order valence-corrected chi connectivity index (χ2v) is 5.39. The van der Waals surface area contributed by atoms with E-state index < -0.39 is 0 Å². The van der Waals surface area contributed by atoms with Crippen LogP contribution in [0.2, 0.25) is 0 Å². The van der Waals surface area contributed by atoms with Crippen LogP contribution in [-0.4, -0.2) is 33.3 Å². The highest BCUT2D eigenvalue weighted by Crippen LogP contribution is 2.23. The third kappa shape index (κ3) is 2.30. The van der Waals surface area contributed by atoms with Crippen LogP contribution in [0.1, 0.15) is 24.6 Å². The summed E-state index contributed by atoms with van der Waals surface area (Å²) in [5, 5.41) is 15.5. The second kappa shape index (κ2) is 5.16. The third-order valence-electron chi connectivity index (χ3n) is 3.21. The number of tetrazole rings is 1. The number of nitrogens with one attached hydrogen (secondary N) is 1. The lowest BCUT2D eigenvalue weighted by Crippen LogP contribution is -2.30. The minimum Gasteiger partial charge on any atom is -0.316 e. The van der Waals surface area contributed by atoms with Crippen LogP contribution >= 0.6 is 15.9 Å². The average molecular weight is 308 g/mol. The van der Waals surface area contributed by atoms with Crippen molar-refractivity contribution in [2.45, 2.75) is 18.8 Å². The molecule has 94 valence electrons. The Bertz CT molecular complexity index is 533. The molecule has 1 saturated heterocycles. The van der Waals surface area contributed by atoms with E-state index in [2.05, 4.69) is 36.8 Å². The molecule has 2 aromatic rings. The maximum absolute atomic E-state index is 4.19. The Labute approximate surface area is 114 Å². The van der Waals surface area contributed by atoms with Crippen LogP contribution in [0.4, 0.5) is 0 Å². The van der Waals surface area contributed by atoms with Crippen molar-refractivity contribution in [2.24, 2.45) is 0 Å². The molecule has 0 radical (unpaired) electrons. The highest BCUT2D eigenvalue weighted by Gasteiger charge is 2.22. The molecule has 0 spiro atoms. The quantitative estimate of drug-likeness (QED) is 0.920. The van der Waals surface area contributed by atoms with Gasteiger partial charge in [0.15, 0.2) is 5.82 Å². The molecule has 0 aliphatic carbocycles. The Balaban J connectivity index is 1.95. The van der Waals surface area contributed by atoms with Gasteiger partial charge in [-0.1, -0.05) is 22.0 Å². The number of piperidine rings is 1. The fourth-order valence-electron chi connectivity index (χ4n) is 2.31. The van der Waals surface area contributed by atoms with Crippen LogP contribution in [0.3, 0.4) is 0 Å². The Morgan fingerprint density at radius 2 is 2.33 bits per heavy atom. The predicted molar refractivity (Wildman–Crippen MR) is 71.7 cm³/mol. The van der Waals surface area contributed by atoms with E-state index in [9.17, 15) is 0 Å². The second-order valence-electron chi connectivity index (χ2n) is 4.47. The third-order valence-corrected chi connectivity index (χ3v) is 3.70. The molecule has 5 nitrogen and oxygen atoms in total. The first-order valence-corrected chi connectivity index (χ1v) is 6.89. The van der Waals surface area contributed by atoms with Crippen molar-refractivity contribution in [3.05, 3.63) is 34.6 Å². The number of rotatable bonds is 2. The van der Waals surface area contributed by atoms with E-state index in [1.54, 1.807) is 0 Å². The molecule has 1 unspecified atom stereocenters. The lowest BCUT2D eigenvalue weighted by atomic mass is 9.99. The van der Waals surface area contributed by atoms with E-state index in [1.807, 2.05) is 28.9 Å². The van der Waals surface area contributed by atoms with E-state index in [-0.39, 0.29) is 0 Å². The van der Waals surface area contributed by atoms with Crippen molar-refractivity contribution in [1.29, 1.82) is 0 Å². The molecule has 1 aliphatic heterocycles. The molecule has 0 saturated carbocycles. The number of nitrogens with zero attached hydrogens (tertiary/aromatic N) is 4. The molecule has 1 aromatic heterocycles. The van der Waals surface area contributed by atoms with E-state index in [1.165, 1.54) is 6.42 Å². The lowest BCUT2D eigenvalue weighted by Gasteiger charge is -2.21. The summed E-state index contributed by atoms with van der Waals surface area (Å²) in [7, 11) is 0. The zero-order chi connectivity index (χ0) is 12.4. The van der Waals surface area contributed by atoms with E-state index in [0.29, 0.717) is 5.92 Å². The van der Waals surface area contributed by atoms with Gasteiger partial charge in [0.1, 0.15) is 0 Å². The first kappa shape index (κ1) is 11.8. The van der Waals surface area contributed by atoms with Crippen molar-refractivity contribution in [2.75, 3.05) is 13.1 Å². The van der Waals surface area contributed by atoms with Crippen molar-refractivity contribution in [3.63, 3.8) is 0 Å². The standard InChI is InChI=1S/C12H14BrN5/c13-10-4-1-5-11(7-10)18-12(15-16-17-18)9-3-2-6-14-8-9/h1,4-5,7,9,14H,2-3,6,8H2. The minimum atomic E-state index is 0.396. The summed E-state index contributed by atoms with van der Waals surface area (Å²) in [5.41, 5.74) is 0.995. The first-order valence-electron chi connectivity index (χ1n) is 6.09. The van der Waals surface area contributed by atoms with Gasteiger partial charge in [0, 0.05) is 16.9 Å². The van der Waals surface area contributed by atoms with Crippen molar-refractivity contribution in [3.8, 4) is 5.69 Å². The van der Waals surface area contributed by atoms with Gasteiger partial charge < -0.3 is 5.32 Å². The maximum Gasteiger partial charge on any atom is 0.161 e. The summed E-state index contributed by atoms with van der Waals surface area (Å²) >= 11 is 3.47. The van der Waals surface area contributed by atoms with Crippen LogP contribution in [0, 0.1) is 0 Å². The zero-order valence-electron chi connectivity index (χ0n) is 9.88. The molecular formula is C12H14BrN5. The molecule has 6 heteroatoms. The summed E-state index contributed by atoms with van der Waals surface area (Å²) in [6.45, 7) is 2.04. The molecule has 0 bridgehead atoms. The van der Waals surface area contributed by atoms with Crippen LogP contribution in [0.25, 0.3) is 5.69 Å². The van der Waals surface area contributed by atoms with Crippen LogP contribution < -0.4 is 5.32 Å². The molecule has 1 aromatic carbocycles. The van der Waals surface area contributed by atoms with Gasteiger partial charge in [-0.3, -0.25) is 0 Å². The van der Waals surface area contributed by atoms with Gasteiger partial charge in [-0.25, -0.2) is 0 Å². The number of hydrogen-bond acceptors (Lipinski definition) is 4. The highest BCUT2D eigenvalue weighted by atomic mass is 79.9. The Morgan fingerprint density at radius 3 is 3.11 bits per heavy atom. The smallest absolute Gasteiger partial charge is 0.161 e. The van der Waals surface area contributed by atoms with Gasteiger partial charge in [0.25, 0.3) is 0 Å². The number of hydrogen-bond donors (Lipinski definition) is 1. The Morgan fingerprint density at radius 1 is 1.39 bits per heavy atom. The predicted octanol–water partition coefficient (Wildman–Crippen LogP) is 1.89. The van der Waals surface area contributed by atoms with Gasteiger partial charge in [0.2, 0.25) is 0 Å². The van der Waals surface area contributed by atoms with E-state index in [0.717, 1.165) is 35.5 Å². The van der Waals surface area contributed by atoms with Gasteiger partial charge in [-0.2, -0.15) is 4.68 Å². The molecule has 2 heterocycles. The molecule has 18 heavy (non-hydrogen) atoms. The first-order chi connectivity index (χ1) is 8.84. The zero-order valence-corrected chi connectivity index (χ0v) is 11.5. The summed E-state index contributed by atoms with van der Waals surface area (Å²) < 4.78 is 2.87. The molecular weight excluding hydrogens is 294 g/mol. The van der Waals surface area contributed by atoms with Crippen molar-refractivity contribution < 1.29 is 0 Å². The summed E-state index contributed by atoms with van der Waals surface area (Å²) in [4.78, 5) is 0. The van der Waals surface area contributed by atoms with Gasteiger partial charge >= 0.3 is 0 Å². The molecule has 1 fully saturated rings. The monoisotopic (exact) mass is 307 g/mol. The Hall–Kier alpha value is -1.27. The summed E-state index contributed by atoms with van der Waals surface area (Å²) in [6, 6.07) is 8.02. The van der Waals surface area contributed by atoms with Gasteiger partial charge in [-0.05, 0) is 48.0 Å². The average Bonchev–Trinajstić information content (AvgIpc) is 2.89. The largest absolute Gasteiger partial charge is 0.316 e. The molecule has 3 rings (SSSR count). The van der Waals surface area contributed by atoms with Gasteiger partial charge in [-0.15, -0.1) is 5.10 Å². The van der Waals surface area contributed by atoms with Crippen LogP contribution in [0.5, 0.6) is 0 Å². The maximum atomic E-state index is 4.19. The molecule has 1 N–H and O–H groups in total. The molecule has 1 atom stereocenters. The SMILES string of the molecule is Brc1cccc(-n2nnnc2C2CCCNC2)c1. The number of halogens is 1. The van der Waals surface area contributed by atoms with E-state index in [4.69, 9.17) is 0 Å². The summed E-state index contributed by atoms with van der Waals surface area (Å²) in [6.07, 6.45) is 2.32. The minimum absolute atomic E-state index is 0.396. The normalized spacial score (nSPS) is 19.9. The number of benzene rings is 1. The van der Waals surface area contributed by atoms with Crippen LogP contribution in [0.15, 0.2) is 28.7 Å². The fraction of sp³-hybridized carbons (Fsp3) is 0.417. The summed E-state index contributed by atoms with van der Waals surface area (Å²) in [5.74, 6) is 1.34. The molecule has 1 aliphatic rings. The lowest BCUT2D eigenvalue weighted by molar-refractivity contribution is 0.440. The molecule has 0 amide bonds.